The van der Waals surface area contributed by atoms with E-state index < -0.39 is 10.0 Å². The zero-order valence-corrected chi connectivity index (χ0v) is 18.3. The summed E-state index contributed by atoms with van der Waals surface area (Å²) in [5, 5.41) is 11.4. The minimum atomic E-state index is -3.64. The second kappa shape index (κ2) is 11.5. The predicted octanol–water partition coefficient (Wildman–Crippen LogP) is 1.88. The Kier molecular flexibility index (Phi) is 10.2. The zero-order chi connectivity index (χ0) is 18.1. The van der Waals surface area contributed by atoms with Gasteiger partial charge in [0.2, 0.25) is 10.0 Å². The van der Waals surface area contributed by atoms with Crippen molar-refractivity contribution < 1.29 is 17.6 Å². The van der Waals surface area contributed by atoms with Crippen molar-refractivity contribution >= 4 is 51.3 Å². The largest absolute Gasteiger partial charge is 0.467 e. The quantitative estimate of drug-likeness (QED) is 0.204. The molecule has 2 aromatic rings. The van der Waals surface area contributed by atoms with Gasteiger partial charge in [0, 0.05) is 25.1 Å². The highest BCUT2D eigenvalue weighted by atomic mass is 127. The van der Waals surface area contributed by atoms with E-state index in [4.69, 9.17) is 14.3 Å². The third-order valence-corrected chi connectivity index (χ3v) is 5.68. The van der Waals surface area contributed by atoms with E-state index >= 15 is 0 Å². The summed E-state index contributed by atoms with van der Waals surface area (Å²) < 4.78 is 33.3. The minimum absolute atomic E-state index is 0. The topological polar surface area (TPSA) is 119 Å². The maximum atomic E-state index is 11.3. The van der Waals surface area contributed by atoms with E-state index in [1.165, 1.54) is 6.07 Å². The number of halogens is 1. The van der Waals surface area contributed by atoms with E-state index in [1.807, 2.05) is 12.1 Å². The minimum Gasteiger partial charge on any atom is -0.467 e. The first-order valence-electron chi connectivity index (χ1n) is 7.65. The number of rotatable bonds is 9. The number of nitrogens with one attached hydrogen (secondary N) is 2. The molecule has 2 aromatic heterocycles. The van der Waals surface area contributed by atoms with Crippen LogP contribution in [-0.4, -0.2) is 34.6 Å². The van der Waals surface area contributed by atoms with Gasteiger partial charge in [-0.1, -0.05) is 0 Å². The molecule has 0 bridgehead atoms. The van der Waals surface area contributed by atoms with E-state index in [9.17, 15) is 8.42 Å². The second-order valence-corrected chi connectivity index (χ2v) is 8.06. The number of primary sulfonamides is 1. The molecule has 0 fully saturated rings. The van der Waals surface area contributed by atoms with E-state index in [0.29, 0.717) is 32.3 Å². The van der Waals surface area contributed by atoms with E-state index in [0.717, 1.165) is 28.4 Å². The number of hydrogen-bond donors (Lipinski definition) is 3. The summed E-state index contributed by atoms with van der Waals surface area (Å²) in [6, 6.07) is 6.93. The van der Waals surface area contributed by atoms with Crippen molar-refractivity contribution in [3.05, 3.63) is 41.2 Å². The van der Waals surface area contributed by atoms with E-state index in [2.05, 4.69) is 15.6 Å². The van der Waals surface area contributed by atoms with Gasteiger partial charge >= 0.3 is 0 Å². The lowest BCUT2D eigenvalue weighted by molar-refractivity contribution is 0.105. The lowest BCUT2D eigenvalue weighted by Crippen LogP contribution is -2.37. The molecule has 0 aliphatic rings. The third kappa shape index (κ3) is 8.03. The number of ether oxygens (including phenoxy) is 1. The van der Waals surface area contributed by atoms with Gasteiger partial charge in [0.05, 0.1) is 12.8 Å². The van der Waals surface area contributed by atoms with Crippen molar-refractivity contribution in [3.8, 4) is 0 Å². The van der Waals surface area contributed by atoms with Crippen LogP contribution in [0.1, 0.15) is 17.1 Å². The van der Waals surface area contributed by atoms with Gasteiger partial charge in [0.1, 0.15) is 16.6 Å². The highest BCUT2D eigenvalue weighted by Gasteiger charge is 2.11. The molecule has 2 heterocycles. The smallest absolute Gasteiger partial charge is 0.247 e. The molecule has 0 saturated carbocycles. The first-order chi connectivity index (χ1) is 12.0. The van der Waals surface area contributed by atoms with Crippen molar-refractivity contribution in [1.29, 1.82) is 0 Å². The molecule has 146 valence electrons. The fraction of sp³-hybridized carbons (Fsp3) is 0.400. The van der Waals surface area contributed by atoms with E-state index in [-0.39, 0.29) is 28.2 Å². The van der Waals surface area contributed by atoms with Gasteiger partial charge in [-0.15, -0.1) is 35.3 Å². The number of guanidine groups is 1. The molecular weight excluding hydrogens is 491 g/mol. The summed E-state index contributed by atoms with van der Waals surface area (Å²) in [7, 11) is -1.97. The van der Waals surface area contributed by atoms with Crippen LogP contribution in [0.5, 0.6) is 0 Å². The molecule has 0 radical (unpaired) electrons. The number of aliphatic imine (C=N–C) groups is 1. The molecular formula is C15H23IN4O4S2. The molecule has 4 N–H and O–H groups in total. The molecule has 0 saturated heterocycles. The Bertz CT molecular complexity index is 775. The lowest BCUT2D eigenvalue weighted by atomic mass is 10.4. The van der Waals surface area contributed by atoms with Gasteiger partial charge in [-0.25, -0.2) is 13.6 Å². The highest BCUT2D eigenvalue weighted by molar-refractivity contribution is 14.0. The third-order valence-electron chi connectivity index (χ3n) is 3.15. The van der Waals surface area contributed by atoms with Gasteiger partial charge in [0.15, 0.2) is 5.96 Å². The SMILES string of the molecule is CN=C(NCCCOCc1ccco1)NCc1ccc(S(N)(=O)=O)s1.I. The van der Waals surface area contributed by atoms with Crippen LogP contribution >= 0.6 is 35.3 Å². The Morgan fingerprint density at radius 1 is 1.35 bits per heavy atom. The Labute approximate surface area is 174 Å². The van der Waals surface area contributed by atoms with Gasteiger partial charge in [-0.2, -0.15) is 0 Å². The second-order valence-electron chi connectivity index (χ2n) is 5.10. The van der Waals surface area contributed by atoms with Gasteiger partial charge in [-0.3, -0.25) is 4.99 Å². The van der Waals surface area contributed by atoms with Crippen LogP contribution in [0.25, 0.3) is 0 Å². The number of nitrogens with zero attached hydrogens (tertiary/aromatic N) is 1. The first-order valence-corrected chi connectivity index (χ1v) is 10.0. The molecule has 0 amide bonds. The van der Waals surface area contributed by atoms with Crippen LogP contribution in [0.4, 0.5) is 0 Å². The summed E-state index contributed by atoms with van der Waals surface area (Å²) >= 11 is 1.14. The van der Waals surface area contributed by atoms with Crippen molar-refractivity contribution in [2.24, 2.45) is 10.1 Å². The molecule has 2 rings (SSSR count). The number of sulfonamides is 1. The van der Waals surface area contributed by atoms with Crippen LogP contribution in [-0.2, 0) is 27.9 Å². The molecule has 0 unspecified atom stereocenters. The Morgan fingerprint density at radius 2 is 2.15 bits per heavy atom. The Balaban J connectivity index is 0.00000338. The summed E-state index contributed by atoms with van der Waals surface area (Å²) in [4.78, 5) is 4.97. The van der Waals surface area contributed by atoms with Crippen LogP contribution in [0.2, 0.25) is 0 Å². The Morgan fingerprint density at radius 3 is 2.77 bits per heavy atom. The van der Waals surface area contributed by atoms with Crippen molar-refractivity contribution in [2.45, 2.75) is 23.8 Å². The maximum absolute atomic E-state index is 11.3. The summed E-state index contributed by atoms with van der Waals surface area (Å²) in [5.41, 5.74) is 0. The molecule has 0 aliphatic carbocycles. The molecule has 8 nitrogen and oxygen atoms in total. The van der Waals surface area contributed by atoms with Crippen LogP contribution in [0, 0.1) is 0 Å². The fourth-order valence-corrected chi connectivity index (χ4v) is 3.66. The first kappa shape index (κ1) is 22.9. The summed E-state index contributed by atoms with van der Waals surface area (Å²) in [5.74, 6) is 1.44. The Hall–Kier alpha value is -1.15. The molecule has 0 aliphatic heterocycles. The normalized spacial score (nSPS) is 11.8. The van der Waals surface area contributed by atoms with Gasteiger partial charge < -0.3 is 19.8 Å². The maximum Gasteiger partial charge on any atom is 0.247 e. The zero-order valence-electron chi connectivity index (χ0n) is 14.3. The average molecular weight is 514 g/mol. The van der Waals surface area contributed by atoms with Crippen LogP contribution in [0.15, 0.2) is 44.1 Å². The standard InChI is InChI=1S/C15H22N4O4S2.HI/c1-17-15(18-7-3-8-22-11-12-4-2-9-23-12)19-10-13-5-6-14(24-13)25(16,20)21;/h2,4-6,9H,3,7-8,10-11H2,1H3,(H2,16,20,21)(H2,17,18,19);1H. The lowest BCUT2D eigenvalue weighted by Gasteiger charge is -2.11. The number of nitrogens with two attached hydrogens (primary N) is 1. The van der Waals surface area contributed by atoms with Crippen molar-refractivity contribution in [2.75, 3.05) is 20.2 Å². The van der Waals surface area contributed by atoms with Crippen LogP contribution in [0.3, 0.4) is 0 Å². The van der Waals surface area contributed by atoms with Crippen molar-refractivity contribution in [3.63, 3.8) is 0 Å². The number of hydrogen-bond acceptors (Lipinski definition) is 6. The van der Waals surface area contributed by atoms with Gasteiger partial charge in [-0.05, 0) is 30.7 Å². The van der Waals surface area contributed by atoms with E-state index in [1.54, 1.807) is 19.4 Å². The molecule has 0 aromatic carbocycles. The monoisotopic (exact) mass is 514 g/mol. The number of furan rings is 1. The highest BCUT2D eigenvalue weighted by Crippen LogP contribution is 2.19. The fourth-order valence-electron chi connectivity index (χ4n) is 1.95. The summed E-state index contributed by atoms with van der Waals surface area (Å²) in [6.07, 6.45) is 2.44. The van der Waals surface area contributed by atoms with Gasteiger partial charge in [0.25, 0.3) is 0 Å². The molecule has 0 spiro atoms. The number of thiophene rings is 1. The average Bonchev–Trinajstić information content (AvgIpc) is 3.24. The summed E-state index contributed by atoms with van der Waals surface area (Å²) in [6.45, 7) is 2.23. The van der Waals surface area contributed by atoms with Crippen molar-refractivity contribution in [1.82, 2.24) is 10.6 Å². The molecule has 11 heteroatoms. The molecule has 26 heavy (non-hydrogen) atoms. The molecule has 0 atom stereocenters. The van der Waals surface area contributed by atoms with Crippen LogP contribution < -0.4 is 15.8 Å². The predicted molar refractivity (Wildman–Crippen MR) is 112 cm³/mol.